The molecule has 1 atom stereocenters. The Morgan fingerprint density at radius 3 is 2.94 bits per heavy atom. The summed E-state index contributed by atoms with van der Waals surface area (Å²) in [7, 11) is 0. The number of hydrogen-bond donors (Lipinski definition) is 1. The largest absolute Gasteiger partial charge is 0.507 e. The molecule has 2 rings (SSSR count). The third-order valence-corrected chi connectivity index (χ3v) is 2.69. The Bertz CT molecular complexity index is 537. The van der Waals surface area contributed by atoms with Crippen LogP contribution in [0.4, 0.5) is 0 Å². The molecule has 1 N–H and O–H groups in total. The summed E-state index contributed by atoms with van der Waals surface area (Å²) in [4.78, 5) is 4.24. The van der Waals surface area contributed by atoms with Gasteiger partial charge in [-0.05, 0) is 32.4 Å². The first-order valence-corrected chi connectivity index (χ1v) is 5.87. The van der Waals surface area contributed by atoms with Gasteiger partial charge >= 0.3 is 0 Å². The first-order chi connectivity index (χ1) is 8.63. The van der Waals surface area contributed by atoms with E-state index in [1.807, 2.05) is 32.9 Å². The Balaban J connectivity index is 2.32. The van der Waals surface area contributed by atoms with Gasteiger partial charge in [0.15, 0.2) is 0 Å². The lowest BCUT2D eigenvalue weighted by Gasteiger charge is -2.05. The molecule has 1 heterocycles. The minimum absolute atomic E-state index is 0.164. The highest BCUT2D eigenvalue weighted by Gasteiger charge is 2.17. The van der Waals surface area contributed by atoms with Crippen LogP contribution < -0.4 is 0 Å². The number of phenolic OH excluding ortho intramolecular Hbond substituents is 1. The summed E-state index contributed by atoms with van der Waals surface area (Å²) in [5, 5.41) is 13.8. The van der Waals surface area contributed by atoms with Gasteiger partial charge in [-0.3, -0.25) is 0 Å². The number of aromatic nitrogens is 2. The molecule has 0 saturated heterocycles. The van der Waals surface area contributed by atoms with E-state index in [0.29, 0.717) is 23.9 Å². The van der Waals surface area contributed by atoms with Crippen LogP contribution in [-0.4, -0.2) is 21.9 Å². The zero-order valence-electron chi connectivity index (χ0n) is 10.7. The zero-order valence-corrected chi connectivity index (χ0v) is 10.7. The van der Waals surface area contributed by atoms with Crippen molar-refractivity contribution in [1.82, 2.24) is 10.1 Å². The summed E-state index contributed by atoms with van der Waals surface area (Å²) in [6.07, 6.45) is -0.223. The summed E-state index contributed by atoms with van der Waals surface area (Å²) in [6, 6.07) is 5.39. The molecule has 0 aliphatic heterocycles. The van der Waals surface area contributed by atoms with Crippen LogP contribution in [0.2, 0.25) is 0 Å². The molecule has 1 aromatic heterocycles. The Morgan fingerprint density at radius 2 is 2.22 bits per heavy atom. The number of hydrogen-bond acceptors (Lipinski definition) is 5. The molecular weight excluding hydrogens is 232 g/mol. The average Bonchev–Trinajstić information content (AvgIpc) is 2.82. The van der Waals surface area contributed by atoms with Crippen molar-refractivity contribution in [3.63, 3.8) is 0 Å². The maximum Gasteiger partial charge on any atom is 0.261 e. The summed E-state index contributed by atoms with van der Waals surface area (Å²) < 4.78 is 10.5. The number of phenols is 1. The normalized spacial score (nSPS) is 12.6. The third kappa shape index (κ3) is 2.36. The molecule has 5 nitrogen and oxygen atoms in total. The minimum atomic E-state index is -0.223. The number of aryl methyl sites for hydroxylation is 1. The fourth-order valence-corrected chi connectivity index (χ4v) is 1.67. The number of ether oxygens (including phenoxy) is 1. The molecular formula is C13H16N2O3. The lowest BCUT2D eigenvalue weighted by atomic mass is 10.1. The lowest BCUT2D eigenvalue weighted by Crippen LogP contribution is -2.01. The second kappa shape index (κ2) is 5.18. The minimum Gasteiger partial charge on any atom is -0.507 e. The Labute approximate surface area is 105 Å². The summed E-state index contributed by atoms with van der Waals surface area (Å²) in [5.74, 6) is 0.947. The third-order valence-electron chi connectivity index (χ3n) is 2.69. The lowest BCUT2D eigenvalue weighted by molar-refractivity contribution is 0.0683. The van der Waals surface area contributed by atoms with E-state index in [-0.39, 0.29) is 11.9 Å². The number of aromatic hydroxyl groups is 1. The second-order valence-electron chi connectivity index (χ2n) is 4.03. The van der Waals surface area contributed by atoms with Crippen LogP contribution >= 0.6 is 0 Å². The number of nitrogens with zero attached hydrogens (tertiary/aromatic N) is 2. The van der Waals surface area contributed by atoms with Gasteiger partial charge in [0.25, 0.3) is 5.89 Å². The molecule has 0 bridgehead atoms. The second-order valence-corrected chi connectivity index (χ2v) is 4.03. The van der Waals surface area contributed by atoms with E-state index in [1.54, 1.807) is 6.07 Å². The van der Waals surface area contributed by atoms with Gasteiger partial charge in [0.05, 0.1) is 5.56 Å². The standard InChI is InChI=1S/C13H16N2O3/c1-4-17-9(3)12-14-13(18-15-12)10-7-5-6-8(2)11(10)16/h5-7,9,16H,4H2,1-3H3. The molecule has 0 aliphatic carbocycles. The van der Waals surface area contributed by atoms with E-state index in [1.165, 1.54) is 0 Å². The Hall–Kier alpha value is -1.88. The van der Waals surface area contributed by atoms with Crippen molar-refractivity contribution in [2.45, 2.75) is 26.9 Å². The van der Waals surface area contributed by atoms with Gasteiger partial charge < -0.3 is 14.4 Å². The monoisotopic (exact) mass is 248 g/mol. The fraction of sp³-hybridized carbons (Fsp3) is 0.385. The van der Waals surface area contributed by atoms with Gasteiger partial charge in [0.2, 0.25) is 5.82 Å². The van der Waals surface area contributed by atoms with Gasteiger partial charge in [0, 0.05) is 6.61 Å². The molecule has 0 spiro atoms. The van der Waals surface area contributed by atoms with E-state index in [9.17, 15) is 5.11 Å². The number of para-hydroxylation sites is 1. The van der Waals surface area contributed by atoms with Gasteiger partial charge in [-0.2, -0.15) is 4.98 Å². The van der Waals surface area contributed by atoms with Gasteiger partial charge in [-0.25, -0.2) is 0 Å². The van der Waals surface area contributed by atoms with E-state index in [2.05, 4.69) is 10.1 Å². The summed E-state index contributed by atoms with van der Waals surface area (Å²) in [5.41, 5.74) is 1.31. The molecule has 1 unspecified atom stereocenters. The Kier molecular flexibility index (Phi) is 3.62. The van der Waals surface area contributed by atoms with Crippen molar-refractivity contribution in [2.24, 2.45) is 0 Å². The van der Waals surface area contributed by atoms with E-state index >= 15 is 0 Å². The van der Waals surface area contributed by atoms with Crippen LogP contribution in [0.15, 0.2) is 22.7 Å². The predicted molar refractivity (Wildman–Crippen MR) is 66.2 cm³/mol. The van der Waals surface area contributed by atoms with Crippen LogP contribution in [0.25, 0.3) is 11.5 Å². The first-order valence-electron chi connectivity index (χ1n) is 5.87. The van der Waals surface area contributed by atoms with Gasteiger partial charge in [0.1, 0.15) is 11.9 Å². The molecule has 0 fully saturated rings. The zero-order chi connectivity index (χ0) is 13.1. The highest BCUT2D eigenvalue weighted by molar-refractivity contribution is 5.64. The van der Waals surface area contributed by atoms with Gasteiger partial charge in [-0.1, -0.05) is 17.3 Å². The molecule has 0 saturated carbocycles. The quantitative estimate of drug-likeness (QED) is 0.901. The maximum absolute atomic E-state index is 9.94. The highest BCUT2D eigenvalue weighted by atomic mass is 16.5. The van der Waals surface area contributed by atoms with Crippen molar-refractivity contribution in [3.05, 3.63) is 29.6 Å². The van der Waals surface area contributed by atoms with Crippen LogP contribution in [0.1, 0.15) is 31.3 Å². The van der Waals surface area contributed by atoms with Crippen molar-refractivity contribution < 1.29 is 14.4 Å². The highest BCUT2D eigenvalue weighted by Crippen LogP contribution is 2.31. The topological polar surface area (TPSA) is 68.4 Å². The van der Waals surface area contributed by atoms with Crippen LogP contribution in [-0.2, 0) is 4.74 Å². The molecule has 0 radical (unpaired) electrons. The van der Waals surface area contributed by atoms with Crippen molar-refractivity contribution in [2.75, 3.05) is 6.61 Å². The molecule has 2 aromatic rings. The Morgan fingerprint density at radius 1 is 1.44 bits per heavy atom. The first kappa shape index (κ1) is 12.6. The molecule has 18 heavy (non-hydrogen) atoms. The van der Waals surface area contributed by atoms with Crippen molar-refractivity contribution in [1.29, 1.82) is 0 Å². The van der Waals surface area contributed by atoms with Crippen molar-refractivity contribution in [3.8, 4) is 17.2 Å². The molecule has 0 aliphatic rings. The van der Waals surface area contributed by atoms with E-state index in [0.717, 1.165) is 5.56 Å². The van der Waals surface area contributed by atoms with Gasteiger partial charge in [-0.15, -0.1) is 0 Å². The van der Waals surface area contributed by atoms with Crippen molar-refractivity contribution >= 4 is 0 Å². The van der Waals surface area contributed by atoms with Crippen LogP contribution in [0.3, 0.4) is 0 Å². The van der Waals surface area contributed by atoms with E-state index in [4.69, 9.17) is 9.26 Å². The molecule has 5 heteroatoms. The molecule has 0 amide bonds. The summed E-state index contributed by atoms with van der Waals surface area (Å²) in [6.45, 7) is 6.16. The molecule has 96 valence electrons. The van der Waals surface area contributed by atoms with Crippen LogP contribution in [0.5, 0.6) is 5.75 Å². The molecule has 1 aromatic carbocycles. The fourth-order valence-electron chi connectivity index (χ4n) is 1.67. The smallest absolute Gasteiger partial charge is 0.261 e. The predicted octanol–water partition coefficient (Wildman–Crippen LogP) is 2.85. The summed E-state index contributed by atoms with van der Waals surface area (Å²) >= 11 is 0. The number of benzene rings is 1. The van der Waals surface area contributed by atoms with Crippen LogP contribution in [0, 0.1) is 6.92 Å². The number of rotatable bonds is 4. The SMILES string of the molecule is CCOC(C)c1noc(-c2cccc(C)c2O)n1. The average molecular weight is 248 g/mol. The van der Waals surface area contributed by atoms with E-state index < -0.39 is 0 Å². The maximum atomic E-state index is 9.94.